The van der Waals surface area contributed by atoms with E-state index in [1.165, 1.54) is 18.2 Å². The van der Waals surface area contributed by atoms with Crippen LogP contribution in [0, 0.1) is 17.8 Å². The SMILES string of the molecule is COc1ccc(-c2nc(SCC(=O)O[C@@H]3C[C@H](C)CC[C@@H]3C(C)C)n[nH]2)cc1. The monoisotopic (exact) mass is 403 g/mol. The molecule has 0 saturated heterocycles. The number of aromatic nitrogens is 3. The van der Waals surface area contributed by atoms with Crippen molar-refractivity contribution in [3.05, 3.63) is 24.3 Å². The quantitative estimate of drug-likeness (QED) is 0.539. The Hall–Kier alpha value is -2.02. The number of aromatic amines is 1. The molecular weight excluding hydrogens is 374 g/mol. The minimum absolute atomic E-state index is 0.0267. The van der Waals surface area contributed by atoms with Gasteiger partial charge in [0.15, 0.2) is 5.82 Å². The molecule has 1 heterocycles. The molecule has 0 radical (unpaired) electrons. The molecule has 3 atom stereocenters. The summed E-state index contributed by atoms with van der Waals surface area (Å²) in [5.74, 6) is 3.08. The third kappa shape index (κ3) is 5.28. The van der Waals surface area contributed by atoms with Crippen LogP contribution in [-0.2, 0) is 9.53 Å². The van der Waals surface area contributed by atoms with E-state index in [4.69, 9.17) is 9.47 Å². The van der Waals surface area contributed by atoms with Gasteiger partial charge in [-0.25, -0.2) is 4.98 Å². The van der Waals surface area contributed by atoms with Crippen LogP contribution in [0.5, 0.6) is 5.75 Å². The number of carbonyl (C=O) groups excluding carboxylic acids is 1. The highest BCUT2D eigenvalue weighted by Crippen LogP contribution is 2.35. The van der Waals surface area contributed by atoms with Gasteiger partial charge in [-0.2, -0.15) is 0 Å². The van der Waals surface area contributed by atoms with E-state index in [0.29, 0.717) is 28.7 Å². The summed E-state index contributed by atoms with van der Waals surface area (Å²) >= 11 is 1.30. The standard InChI is InChI=1S/C21H29N3O3S/c1-13(2)17-10-5-14(3)11-18(17)27-19(25)12-28-21-22-20(23-24-21)15-6-8-16(26-4)9-7-15/h6-9,13-14,17-18H,5,10-12H2,1-4H3,(H,22,23,24)/t14-,17-,18-/m1/s1. The second-order valence-electron chi connectivity index (χ2n) is 7.84. The zero-order valence-electron chi connectivity index (χ0n) is 17.0. The van der Waals surface area contributed by atoms with E-state index in [2.05, 4.69) is 36.0 Å². The van der Waals surface area contributed by atoms with Gasteiger partial charge >= 0.3 is 5.97 Å². The first-order valence-electron chi connectivity index (χ1n) is 9.85. The van der Waals surface area contributed by atoms with Crippen LogP contribution in [-0.4, -0.2) is 40.1 Å². The molecule has 1 N–H and O–H groups in total. The number of hydrogen-bond acceptors (Lipinski definition) is 6. The van der Waals surface area contributed by atoms with Crippen LogP contribution >= 0.6 is 11.8 Å². The number of H-pyrrole nitrogens is 1. The molecule has 1 fully saturated rings. The summed E-state index contributed by atoms with van der Waals surface area (Å²) in [6, 6.07) is 7.58. The second kappa shape index (κ2) is 9.45. The van der Waals surface area contributed by atoms with Gasteiger partial charge in [-0.3, -0.25) is 9.89 Å². The number of nitrogens with zero attached hydrogens (tertiary/aromatic N) is 2. The van der Waals surface area contributed by atoms with Crippen LogP contribution in [0.25, 0.3) is 11.4 Å². The van der Waals surface area contributed by atoms with Crippen molar-refractivity contribution in [2.75, 3.05) is 12.9 Å². The van der Waals surface area contributed by atoms with Crippen molar-refractivity contribution < 1.29 is 14.3 Å². The van der Waals surface area contributed by atoms with E-state index in [9.17, 15) is 4.79 Å². The van der Waals surface area contributed by atoms with Gasteiger partial charge in [-0.1, -0.05) is 39.0 Å². The van der Waals surface area contributed by atoms with Crippen molar-refractivity contribution in [2.24, 2.45) is 17.8 Å². The Morgan fingerprint density at radius 1 is 1.29 bits per heavy atom. The fraction of sp³-hybridized carbons (Fsp3) is 0.571. The highest BCUT2D eigenvalue weighted by Gasteiger charge is 2.33. The van der Waals surface area contributed by atoms with Gasteiger partial charge in [0.2, 0.25) is 5.16 Å². The van der Waals surface area contributed by atoms with E-state index >= 15 is 0 Å². The summed E-state index contributed by atoms with van der Waals surface area (Å²) in [5, 5.41) is 7.66. The van der Waals surface area contributed by atoms with E-state index in [1.54, 1.807) is 7.11 Å². The molecule has 1 aliphatic rings. The van der Waals surface area contributed by atoms with Crippen molar-refractivity contribution >= 4 is 17.7 Å². The van der Waals surface area contributed by atoms with Crippen molar-refractivity contribution in [3.63, 3.8) is 0 Å². The highest BCUT2D eigenvalue weighted by molar-refractivity contribution is 7.99. The van der Waals surface area contributed by atoms with E-state index < -0.39 is 0 Å². The average Bonchev–Trinajstić information content (AvgIpc) is 3.15. The van der Waals surface area contributed by atoms with Crippen LogP contribution in [0.1, 0.15) is 40.0 Å². The number of ether oxygens (including phenoxy) is 2. The zero-order valence-corrected chi connectivity index (χ0v) is 17.8. The molecule has 7 heteroatoms. The lowest BCUT2D eigenvalue weighted by Crippen LogP contribution is -2.36. The molecule has 1 saturated carbocycles. The predicted octanol–water partition coefficient (Wildman–Crippen LogP) is 4.58. The molecule has 1 aliphatic carbocycles. The first-order valence-corrected chi connectivity index (χ1v) is 10.8. The molecule has 2 aromatic rings. The maximum Gasteiger partial charge on any atom is 0.316 e. The summed E-state index contributed by atoms with van der Waals surface area (Å²) in [4.78, 5) is 16.8. The van der Waals surface area contributed by atoms with Crippen LogP contribution in [0.15, 0.2) is 29.4 Å². The summed E-state index contributed by atoms with van der Waals surface area (Å²) in [6.45, 7) is 6.66. The van der Waals surface area contributed by atoms with Crippen molar-refractivity contribution in [1.29, 1.82) is 0 Å². The summed E-state index contributed by atoms with van der Waals surface area (Å²) in [5.41, 5.74) is 0.915. The molecule has 0 spiro atoms. The molecule has 0 amide bonds. The van der Waals surface area contributed by atoms with E-state index in [0.717, 1.165) is 24.2 Å². The molecule has 28 heavy (non-hydrogen) atoms. The molecular formula is C21H29N3O3S. The van der Waals surface area contributed by atoms with Gasteiger partial charge in [0.05, 0.1) is 12.9 Å². The van der Waals surface area contributed by atoms with Crippen molar-refractivity contribution in [2.45, 2.75) is 51.3 Å². The minimum atomic E-state index is -0.189. The summed E-state index contributed by atoms with van der Waals surface area (Å²) in [7, 11) is 1.63. The Bertz CT molecular complexity index is 775. The highest BCUT2D eigenvalue weighted by atomic mass is 32.2. The maximum atomic E-state index is 12.4. The molecule has 1 aromatic carbocycles. The van der Waals surface area contributed by atoms with Gasteiger partial charge in [0, 0.05) is 5.56 Å². The van der Waals surface area contributed by atoms with Crippen LogP contribution in [0.2, 0.25) is 0 Å². The molecule has 0 aliphatic heterocycles. The Morgan fingerprint density at radius 3 is 2.71 bits per heavy atom. The lowest BCUT2D eigenvalue weighted by molar-refractivity contribution is -0.152. The smallest absolute Gasteiger partial charge is 0.316 e. The number of esters is 1. The Balaban J connectivity index is 1.53. The number of thioether (sulfide) groups is 1. The first kappa shape index (κ1) is 20.7. The summed E-state index contributed by atoms with van der Waals surface area (Å²) < 4.78 is 11.0. The summed E-state index contributed by atoms with van der Waals surface area (Å²) in [6.07, 6.45) is 3.34. The normalized spacial score (nSPS) is 22.2. The van der Waals surface area contributed by atoms with Crippen LogP contribution in [0.4, 0.5) is 0 Å². The van der Waals surface area contributed by atoms with Gasteiger partial charge in [0.1, 0.15) is 11.9 Å². The molecule has 0 bridgehead atoms. The van der Waals surface area contributed by atoms with Gasteiger partial charge in [-0.05, 0) is 54.9 Å². The fourth-order valence-corrected chi connectivity index (χ4v) is 4.35. The molecule has 3 rings (SSSR count). The van der Waals surface area contributed by atoms with E-state index in [1.807, 2.05) is 24.3 Å². The fourth-order valence-electron chi connectivity index (χ4n) is 3.77. The van der Waals surface area contributed by atoms with Crippen LogP contribution in [0.3, 0.4) is 0 Å². The Kier molecular flexibility index (Phi) is 6.99. The topological polar surface area (TPSA) is 77.1 Å². The lowest BCUT2D eigenvalue weighted by Gasteiger charge is -2.36. The predicted molar refractivity (Wildman–Crippen MR) is 110 cm³/mol. The first-order chi connectivity index (χ1) is 13.5. The third-order valence-electron chi connectivity index (χ3n) is 5.39. The number of carbonyl (C=O) groups is 1. The van der Waals surface area contributed by atoms with Gasteiger partial charge < -0.3 is 9.47 Å². The van der Waals surface area contributed by atoms with E-state index in [-0.39, 0.29) is 17.8 Å². The Labute approximate surface area is 170 Å². The molecule has 152 valence electrons. The molecule has 0 unspecified atom stereocenters. The maximum absolute atomic E-state index is 12.4. The minimum Gasteiger partial charge on any atom is -0.497 e. The number of hydrogen-bond donors (Lipinski definition) is 1. The molecule has 6 nitrogen and oxygen atoms in total. The van der Waals surface area contributed by atoms with Crippen LogP contribution < -0.4 is 4.74 Å². The third-order valence-corrected chi connectivity index (χ3v) is 6.21. The van der Waals surface area contributed by atoms with Gasteiger partial charge in [-0.15, -0.1) is 5.10 Å². The average molecular weight is 404 g/mol. The second-order valence-corrected chi connectivity index (χ2v) is 8.78. The number of benzene rings is 1. The Morgan fingerprint density at radius 2 is 2.04 bits per heavy atom. The number of nitrogens with one attached hydrogen (secondary N) is 1. The lowest BCUT2D eigenvalue weighted by atomic mass is 9.75. The van der Waals surface area contributed by atoms with Crippen molar-refractivity contribution in [3.8, 4) is 17.1 Å². The molecule has 1 aromatic heterocycles. The zero-order chi connectivity index (χ0) is 20.1. The number of rotatable bonds is 7. The largest absolute Gasteiger partial charge is 0.497 e. The number of methoxy groups -OCH3 is 1. The van der Waals surface area contributed by atoms with Gasteiger partial charge in [0.25, 0.3) is 0 Å². The van der Waals surface area contributed by atoms with Crippen molar-refractivity contribution in [1.82, 2.24) is 15.2 Å².